The molecule has 6 rings (SSSR count). The van der Waals surface area contributed by atoms with E-state index in [1.54, 1.807) is 6.20 Å². The van der Waals surface area contributed by atoms with Gasteiger partial charge in [-0.1, -0.05) is 24.3 Å². The number of rotatable bonds is 4. The van der Waals surface area contributed by atoms with E-state index in [-0.39, 0.29) is 17.6 Å². The summed E-state index contributed by atoms with van der Waals surface area (Å²) in [5.74, 6) is 1.09. The Morgan fingerprint density at radius 3 is 2.75 bits per heavy atom. The highest BCUT2D eigenvalue weighted by molar-refractivity contribution is 5.78. The second-order valence-electron chi connectivity index (χ2n) is 8.88. The van der Waals surface area contributed by atoms with Gasteiger partial charge in [0.15, 0.2) is 5.65 Å². The number of aromatic amines is 1. The normalized spacial score (nSPS) is 19.4. The van der Waals surface area contributed by atoms with Crippen molar-refractivity contribution in [2.75, 3.05) is 26.3 Å². The predicted molar refractivity (Wildman–Crippen MR) is 122 cm³/mol. The number of likely N-dealkylation sites (tertiary alicyclic amines) is 1. The van der Waals surface area contributed by atoms with E-state index in [9.17, 15) is 4.79 Å². The van der Waals surface area contributed by atoms with E-state index in [2.05, 4.69) is 46.2 Å². The molecule has 2 saturated heterocycles. The summed E-state index contributed by atoms with van der Waals surface area (Å²) in [5.41, 5.74) is 2.72. The summed E-state index contributed by atoms with van der Waals surface area (Å²) in [6, 6.07) is 12.7. The number of hydrogen-bond donors (Lipinski definition) is 1. The molecule has 0 amide bonds. The van der Waals surface area contributed by atoms with E-state index < -0.39 is 0 Å². The largest absolute Gasteiger partial charge is 0.381 e. The maximum absolute atomic E-state index is 12.7. The van der Waals surface area contributed by atoms with Crippen LogP contribution < -0.4 is 5.56 Å². The Morgan fingerprint density at radius 2 is 1.91 bits per heavy atom. The van der Waals surface area contributed by atoms with Crippen molar-refractivity contribution in [3.8, 4) is 0 Å². The molecule has 2 aliphatic heterocycles. The Hall–Kier alpha value is -3.10. The molecule has 3 aromatic heterocycles. The first-order chi connectivity index (χ1) is 15.7. The molecular weight excluding hydrogens is 404 g/mol. The van der Waals surface area contributed by atoms with Crippen molar-refractivity contribution in [2.24, 2.45) is 0 Å². The van der Waals surface area contributed by atoms with Gasteiger partial charge < -0.3 is 9.72 Å². The van der Waals surface area contributed by atoms with Gasteiger partial charge in [0.2, 0.25) is 0 Å². The van der Waals surface area contributed by atoms with Crippen LogP contribution in [0.1, 0.15) is 49.3 Å². The molecule has 2 aliphatic rings. The lowest BCUT2D eigenvalue weighted by Crippen LogP contribution is -2.47. The Labute approximate surface area is 185 Å². The minimum absolute atomic E-state index is 0.0156. The first kappa shape index (κ1) is 19.6. The van der Waals surface area contributed by atoms with Crippen LogP contribution in [0.4, 0.5) is 0 Å². The van der Waals surface area contributed by atoms with Crippen molar-refractivity contribution in [3.63, 3.8) is 0 Å². The van der Waals surface area contributed by atoms with Gasteiger partial charge in [-0.05, 0) is 31.9 Å². The number of aromatic nitrogens is 5. The Morgan fingerprint density at radius 1 is 1.09 bits per heavy atom. The summed E-state index contributed by atoms with van der Waals surface area (Å²) >= 11 is 0. The molecule has 1 unspecified atom stereocenters. The van der Waals surface area contributed by atoms with Gasteiger partial charge in [-0.3, -0.25) is 14.7 Å². The topological polar surface area (TPSA) is 88.9 Å². The molecule has 8 heteroatoms. The van der Waals surface area contributed by atoms with Gasteiger partial charge in [0.05, 0.1) is 23.8 Å². The quantitative estimate of drug-likeness (QED) is 0.535. The van der Waals surface area contributed by atoms with Crippen molar-refractivity contribution in [1.82, 2.24) is 29.6 Å². The van der Waals surface area contributed by atoms with Gasteiger partial charge in [0, 0.05) is 43.3 Å². The van der Waals surface area contributed by atoms with Crippen LogP contribution in [-0.4, -0.2) is 55.9 Å². The number of pyridine rings is 1. The number of nitrogens with zero attached hydrogens (tertiary/aromatic N) is 5. The van der Waals surface area contributed by atoms with Crippen LogP contribution in [0.25, 0.3) is 21.9 Å². The lowest BCUT2D eigenvalue weighted by molar-refractivity contribution is 0.0672. The summed E-state index contributed by atoms with van der Waals surface area (Å²) in [4.78, 5) is 27.8. The molecule has 1 N–H and O–H groups in total. The maximum atomic E-state index is 12.7. The fourth-order valence-electron chi connectivity index (χ4n) is 4.85. The fourth-order valence-corrected chi connectivity index (χ4v) is 4.85. The summed E-state index contributed by atoms with van der Waals surface area (Å²) in [7, 11) is 0. The van der Waals surface area contributed by atoms with Crippen LogP contribution in [0.5, 0.6) is 0 Å². The average molecular weight is 431 g/mol. The third-order valence-corrected chi connectivity index (χ3v) is 6.91. The first-order valence-corrected chi connectivity index (χ1v) is 11.3. The zero-order valence-corrected chi connectivity index (χ0v) is 18.1. The highest BCUT2D eigenvalue weighted by atomic mass is 16.5. The molecule has 2 fully saturated rings. The first-order valence-electron chi connectivity index (χ1n) is 11.3. The van der Waals surface area contributed by atoms with E-state index >= 15 is 0 Å². The van der Waals surface area contributed by atoms with Crippen LogP contribution in [0.2, 0.25) is 0 Å². The standard InChI is InChI=1S/C24H26N6O2/c1-15(29-13-17(14-29)21-7-6-16-4-2-3-5-20(16)26-21)22-27-23-19(24(31)28-22)12-25-30(23)18-8-10-32-11-9-18/h2-7,12,15,17-18H,8-11,13-14H2,1H3,(H,27,28,31). The van der Waals surface area contributed by atoms with Gasteiger partial charge >= 0.3 is 0 Å². The van der Waals surface area contributed by atoms with E-state index in [1.165, 1.54) is 0 Å². The second-order valence-corrected chi connectivity index (χ2v) is 8.88. The van der Waals surface area contributed by atoms with Crippen molar-refractivity contribution >= 4 is 21.9 Å². The van der Waals surface area contributed by atoms with Gasteiger partial charge in [0.25, 0.3) is 5.56 Å². The number of fused-ring (bicyclic) bond motifs is 2. The summed E-state index contributed by atoms with van der Waals surface area (Å²) < 4.78 is 7.40. The number of hydrogen-bond acceptors (Lipinski definition) is 6. The summed E-state index contributed by atoms with van der Waals surface area (Å²) in [5, 5.41) is 6.21. The monoisotopic (exact) mass is 430 g/mol. The highest BCUT2D eigenvalue weighted by Crippen LogP contribution is 2.33. The van der Waals surface area contributed by atoms with Crippen LogP contribution in [0.15, 0.2) is 47.4 Å². The maximum Gasteiger partial charge on any atom is 0.262 e. The molecule has 5 heterocycles. The molecule has 0 bridgehead atoms. The van der Waals surface area contributed by atoms with Crippen LogP contribution in [-0.2, 0) is 4.74 Å². The van der Waals surface area contributed by atoms with Crippen molar-refractivity contribution in [1.29, 1.82) is 0 Å². The van der Waals surface area contributed by atoms with E-state index in [4.69, 9.17) is 14.7 Å². The zero-order valence-electron chi connectivity index (χ0n) is 18.1. The lowest BCUT2D eigenvalue weighted by atomic mass is 9.93. The van der Waals surface area contributed by atoms with Gasteiger partial charge in [0.1, 0.15) is 11.2 Å². The molecule has 8 nitrogen and oxygen atoms in total. The van der Waals surface area contributed by atoms with Crippen molar-refractivity contribution < 1.29 is 4.74 Å². The molecule has 1 aromatic carbocycles. The van der Waals surface area contributed by atoms with Crippen LogP contribution >= 0.6 is 0 Å². The van der Waals surface area contributed by atoms with Crippen molar-refractivity contribution in [2.45, 2.75) is 37.8 Å². The number of H-pyrrole nitrogens is 1. The molecule has 0 radical (unpaired) electrons. The van der Waals surface area contributed by atoms with Gasteiger partial charge in [-0.15, -0.1) is 0 Å². The molecule has 1 atom stereocenters. The van der Waals surface area contributed by atoms with E-state index in [0.29, 0.717) is 22.8 Å². The molecule has 164 valence electrons. The Kier molecular flexibility index (Phi) is 4.77. The molecule has 4 aromatic rings. The second kappa shape index (κ2) is 7.79. The number of benzene rings is 1. The van der Waals surface area contributed by atoms with E-state index in [0.717, 1.165) is 55.7 Å². The zero-order chi connectivity index (χ0) is 21.7. The SMILES string of the molecule is CC(c1nc2c(cnn2C2CCOCC2)c(=O)[nH]1)N1CC(c2ccc3ccccc3n2)C1. The third-order valence-electron chi connectivity index (χ3n) is 6.91. The number of nitrogens with one attached hydrogen (secondary N) is 1. The van der Waals surface area contributed by atoms with Crippen LogP contribution in [0.3, 0.4) is 0 Å². The molecular formula is C24H26N6O2. The Balaban J connectivity index is 1.23. The smallest absolute Gasteiger partial charge is 0.262 e. The predicted octanol–water partition coefficient (Wildman–Crippen LogP) is 3.18. The van der Waals surface area contributed by atoms with Gasteiger partial charge in [-0.25, -0.2) is 9.67 Å². The molecule has 0 aliphatic carbocycles. The van der Waals surface area contributed by atoms with Crippen LogP contribution in [0, 0.1) is 0 Å². The molecule has 32 heavy (non-hydrogen) atoms. The fraction of sp³-hybridized carbons (Fsp3) is 0.417. The minimum atomic E-state index is -0.122. The third kappa shape index (κ3) is 3.30. The summed E-state index contributed by atoms with van der Waals surface area (Å²) in [6.45, 7) is 5.33. The number of para-hydroxylation sites is 1. The van der Waals surface area contributed by atoms with E-state index in [1.807, 2.05) is 16.8 Å². The average Bonchev–Trinajstić information content (AvgIpc) is 3.23. The molecule has 0 spiro atoms. The minimum Gasteiger partial charge on any atom is -0.381 e. The summed E-state index contributed by atoms with van der Waals surface area (Å²) in [6.07, 6.45) is 3.42. The lowest BCUT2D eigenvalue weighted by Gasteiger charge is -2.42. The van der Waals surface area contributed by atoms with Gasteiger partial charge in [-0.2, -0.15) is 5.10 Å². The van der Waals surface area contributed by atoms with Crippen molar-refractivity contribution in [3.05, 3.63) is 64.5 Å². The number of ether oxygens (including phenoxy) is 1. The Bertz CT molecular complexity index is 1330. The highest BCUT2D eigenvalue weighted by Gasteiger charge is 2.34. The molecule has 0 saturated carbocycles.